The van der Waals surface area contributed by atoms with Crippen molar-refractivity contribution in [3.63, 3.8) is 0 Å². The minimum atomic E-state index is -0.864. The van der Waals surface area contributed by atoms with E-state index in [0.29, 0.717) is 25.1 Å². The van der Waals surface area contributed by atoms with Gasteiger partial charge in [-0.05, 0) is 45.7 Å². The van der Waals surface area contributed by atoms with Gasteiger partial charge in [-0.25, -0.2) is 0 Å². The highest BCUT2D eigenvalue weighted by Gasteiger charge is 2.40. The summed E-state index contributed by atoms with van der Waals surface area (Å²) in [6, 6.07) is 7.51. The third-order valence-corrected chi connectivity index (χ3v) is 4.21. The summed E-state index contributed by atoms with van der Waals surface area (Å²) in [5.41, 5.74) is 0.261. The van der Waals surface area contributed by atoms with Crippen LogP contribution >= 0.6 is 0 Å². The molecule has 5 heteroatoms. The summed E-state index contributed by atoms with van der Waals surface area (Å²) in [5.74, 6) is -0.366. The number of carbonyl (C=O) groups is 2. The molecule has 120 valence electrons. The Balaban J connectivity index is 2.01. The molecule has 1 saturated heterocycles. The lowest BCUT2D eigenvalue weighted by atomic mass is 9.82. The first-order valence-corrected chi connectivity index (χ1v) is 7.57. The molecule has 0 aromatic heterocycles. The first-order valence-electron chi connectivity index (χ1n) is 7.57. The highest BCUT2D eigenvalue weighted by atomic mass is 16.5. The number of benzene rings is 1. The van der Waals surface area contributed by atoms with Gasteiger partial charge in [-0.3, -0.25) is 9.59 Å². The van der Waals surface area contributed by atoms with Crippen LogP contribution in [0.5, 0.6) is 5.75 Å². The highest BCUT2D eigenvalue weighted by Crippen LogP contribution is 2.30. The molecule has 1 aliphatic heterocycles. The van der Waals surface area contributed by atoms with Gasteiger partial charge in [0.25, 0.3) is 5.91 Å². The second kappa shape index (κ2) is 6.38. The van der Waals surface area contributed by atoms with Gasteiger partial charge < -0.3 is 14.7 Å². The van der Waals surface area contributed by atoms with Crippen molar-refractivity contribution in [1.29, 1.82) is 0 Å². The van der Waals surface area contributed by atoms with Crippen LogP contribution in [0.4, 0.5) is 0 Å². The third kappa shape index (κ3) is 3.59. The van der Waals surface area contributed by atoms with Gasteiger partial charge in [0.15, 0.2) is 6.10 Å². The molecule has 2 rings (SSSR count). The molecule has 0 radical (unpaired) electrons. The molecule has 1 heterocycles. The Hall–Kier alpha value is -2.04. The number of aliphatic carboxylic acids is 1. The van der Waals surface area contributed by atoms with Gasteiger partial charge >= 0.3 is 5.97 Å². The SMILES string of the molecule is Cc1ccc(OC(C)C(=O)N2CCCC(C)(C(=O)O)C2)cc1. The summed E-state index contributed by atoms with van der Waals surface area (Å²) in [5, 5.41) is 9.33. The van der Waals surface area contributed by atoms with Crippen LogP contribution in [0.3, 0.4) is 0 Å². The molecule has 0 saturated carbocycles. The van der Waals surface area contributed by atoms with Crippen molar-refractivity contribution in [2.75, 3.05) is 13.1 Å². The number of aryl methyl sites for hydroxylation is 1. The maximum atomic E-state index is 12.5. The number of hydrogen-bond acceptors (Lipinski definition) is 3. The molecule has 0 spiro atoms. The Morgan fingerprint density at radius 3 is 2.55 bits per heavy atom. The summed E-state index contributed by atoms with van der Waals surface area (Å²) in [6.07, 6.45) is 0.671. The zero-order valence-electron chi connectivity index (χ0n) is 13.3. The summed E-state index contributed by atoms with van der Waals surface area (Å²) < 4.78 is 5.67. The summed E-state index contributed by atoms with van der Waals surface area (Å²) in [6.45, 7) is 6.21. The van der Waals surface area contributed by atoms with E-state index < -0.39 is 17.5 Å². The van der Waals surface area contributed by atoms with E-state index in [0.717, 1.165) is 5.56 Å². The number of carbonyl (C=O) groups excluding carboxylic acids is 1. The van der Waals surface area contributed by atoms with Crippen molar-refractivity contribution in [2.45, 2.75) is 39.7 Å². The van der Waals surface area contributed by atoms with Crippen LogP contribution in [0.25, 0.3) is 0 Å². The van der Waals surface area contributed by atoms with E-state index in [2.05, 4.69) is 0 Å². The first-order chi connectivity index (χ1) is 10.3. The number of carboxylic acids is 1. The smallest absolute Gasteiger partial charge is 0.311 e. The van der Waals surface area contributed by atoms with Gasteiger partial charge in [0.2, 0.25) is 0 Å². The number of carboxylic acid groups (broad SMARTS) is 1. The van der Waals surface area contributed by atoms with Crippen LogP contribution in [0.15, 0.2) is 24.3 Å². The average molecular weight is 305 g/mol. The van der Waals surface area contributed by atoms with Gasteiger partial charge in [-0.2, -0.15) is 0 Å². The van der Waals surface area contributed by atoms with E-state index in [9.17, 15) is 14.7 Å². The van der Waals surface area contributed by atoms with E-state index in [1.807, 2.05) is 31.2 Å². The number of amides is 1. The topological polar surface area (TPSA) is 66.8 Å². The van der Waals surface area contributed by atoms with E-state index in [1.54, 1.807) is 18.7 Å². The van der Waals surface area contributed by atoms with Gasteiger partial charge in [0, 0.05) is 13.1 Å². The van der Waals surface area contributed by atoms with Crippen molar-refractivity contribution >= 4 is 11.9 Å². The number of likely N-dealkylation sites (tertiary alicyclic amines) is 1. The zero-order valence-corrected chi connectivity index (χ0v) is 13.3. The molecule has 2 unspecified atom stereocenters. The van der Waals surface area contributed by atoms with E-state index in [4.69, 9.17) is 4.74 Å². The summed E-state index contributed by atoms with van der Waals surface area (Å²) in [7, 11) is 0. The van der Waals surface area contributed by atoms with Gasteiger partial charge in [0.1, 0.15) is 5.75 Å². The fraction of sp³-hybridized carbons (Fsp3) is 0.529. The molecule has 0 aliphatic carbocycles. The lowest BCUT2D eigenvalue weighted by Gasteiger charge is -2.38. The number of rotatable bonds is 4. The maximum Gasteiger partial charge on any atom is 0.311 e. The molecule has 1 amide bonds. The van der Waals surface area contributed by atoms with Gasteiger partial charge in [-0.15, -0.1) is 0 Å². The first kappa shape index (κ1) is 16.3. The predicted octanol–water partition coefficient (Wildman–Crippen LogP) is 2.48. The second-order valence-corrected chi connectivity index (χ2v) is 6.30. The predicted molar refractivity (Wildman–Crippen MR) is 82.8 cm³/mol. The Morgan fingerprint density at radius 1 is 1.32 bits per heavy atom. The molecule has 1 aromatic carbocycles. The van der Waals surface area contributed by atoms with Crippen LogP contribution in [0.1, 0.15) is 32.3 Å². The molecular formula is C17H23NO4. The molecule has 1 aliphatic rings. The Morgan fingerprint density at radius 2 is 1.95 bits per heavy atom. The van der Waals surface area contributed by atoms with Crippen LogP contribution in [0.2, 0.25) is 0 Å². The molecule has 22 heavy (non-hydrogen) atoms. The normalized spacial score (nSPS) is 23.0. The van der Waals surface area contributed by atoms with Crippen molar-refractivity contribution < 1.29 is 19.4 Å². The number of piperidine rings is 1. The zero-order chi connectivity index (χ0) is 16.3. The van der Waals surface area contributed by atoms with E-state index in [1.165, 1.54) is 0 Å². The Labute approximate surface area is 130 Å². The summed E-state index contributed by atoms with van der Waals surface area (Å²) in [4.78, 5) is 25.5. The molecule has 1 fully saturated rings. The van der Waals surface area contributed by atoms with Gasteiger partial charge in [0.05, 0.1) is 5.41 Å². The minimum Gasteiger partial charge on any atom is -0.481 e. The van der Waals surface area contributed by atoms with Crippen LogP contribution in [0, 0.1) is 12.3 Å². The lowest BCUT2D eigenvalue weighted by molar-refractivity contribution is -0.155. The quantitative estimate of drug-likeness (QED) is 0.928. The molecule has 2 atom stereocenters. The number of ether oxygens (including phenoxy) is 1. The monoisotopic (exact) mass is 305 g/mol. The van der Waals surface area contributed by atoms with Crippen LogP contribution in [-0.4, -0.2) is 41.1 Å². The fourth-order valence-corrected chi connectivity index (χ4v) is 2.73. The van der Waals surface area contributed by atoms with Crippen molar-refractivity contribution in [3.05, 3.63) is 29.8 Å². The van der Waals surface area contributed by atoms with Gasteiger partial charge in [-0.1, -0.05) is 17.7 Å². The molecule has 1 N–H and O–H groups in total. The van der Waals surface area contributed by atoms with Crippen molar-refractivity contribution in [3.8, 4) is 5.75 Å². The lowest BCUT2D eigenvalue weighted by Crippen LogP contribution is -2.51. The maximum absolute atomic E-state index is 12.5. The van der Waals surface area contributed by atoms with Crippen LogP contribution in [-0.2, 0) is 9.59 Å². The number of hydrogen-bond donors (Lipinski definition) is 1. The number of nitrogens with zero attached hydrogens (tertiary/aromatic N) is 1. The standard InChI is InChI=1S/C17H23NO4/c1-12-5-7-14(8-6-12)22-13(2)15(19)18-10-4-9-17(3,11-18)16(20)21/h5-8,13H,4,9-11H2,1-3H3,(H,20,21). The van der Waals surface area contributed by atoms with Crippen molar-refractivity contribution in [1.82, 2.24) is 4.90 Å². The molecule has 0 bridgehead atoms. The third-order valence-electron chi connectivity index (χ3n) is 4.21. The highest BCUT2D eigenvalue weighted by molar-refractivity contribution is 5.82. The van der Waals surface area contributed by atoms with Crippen LogP contribution < -0.4 is 4.74 Å². The van der Waals surface area contributed by atoms with E-state index >= 15 is 0 Å². The second-order valence-electron chi connectivity index (χ2n) is 6.30. The minimum absolute atomic E-state index is 0.159. The Kier molecular flexibility index (Phi) is 4.74. The van der Waals surface area contributed by atoms with E-state index in [-0.39, 0.29) is 12.5 Å². The summed E-state index contributed by atoms with van der Waals surface area (Å²) >= 11 is 0. The molecule has 1 aromatic rings. The van der Waals surface area contributed by atoms with Crippen molar-refractivity contribution in [2.24, 2.45) is 5.41 Å². The largest absolute Gasteiger partial charge is 0.481 e. The molecular weight excluding hydrogens is 282 g/mol. The Bertz CT molecular complexity index is 554. The molecule has 5 nitrogen and oxygen atoms in total. The fourth-order valence-electron chi connectivity index (χ4n) is 2.73. The average Bonchev–Trinajstić information content (AvgIpc) is 2.48.